The Morgan fingerprint density at radius 1 is 1.36 bits per heavy atom. The Bertz CT molecular complexity index is 661. The first-order chi connectivity index (χ1) is 10.5. The minimum Gasteiger partial charge on any atom is -0.351 e. The number of rotatable bonds is 3. The van der Waals surface area contributed by atoms with Crippen LogP contribution in [0.15, 0.2) is 15.1 Å². The third kappa shape index (κ3) is 2.88. The zero-order valence-corrected chi connectivity index (χ0v) is 13.1. The van der Waals surface area contributed by atoms with E-state index in [1.807, 2.05) is 13.8 Å². The molecular weight excluding hydrogens is 284 g/mol. The Morgan fingerprint density at radius 3 is 2.82 bits per heavy atom. The highest BCUT2D eigenvalue weighted by Crippen LogP contribution is 2.26. The van der Waals surface area contributed by atoms with E-state index >= 15 is 0 Å². The molecular formula is C15H20N4O3. The molecule has 0 aliphatic carbocycles. The summed E-state index contributed by atoms with van der Waals surface area (Å²) in [7, 11) is 0. The van der Waals surface area contributed by atoms with Crippen LogP contribution in [0.1, 0.15) is 66.5 Å². The lowest BCUT2D eigenvalue weighted by Gasteiger charge is -2.30. The van der Waals surface area contributed by atoms with Gasteiger partial charge < -0.3 is 13.9 Å². The fourth-order valence-corrected chi connectivity index (χ4v) is 2.67. The monoisotopic (exact) mass is 304 g/mol. The second-order valence-electron chi connectivity index (χ2n) is 6.03. The molecule has 0 saturated carbocycles. The van der Waals surface area contributed by atoms with E-state index in [4.69, 9.17) is 9.05 Å². The molecule has 2 aromatic rings. The molecule has 2 aromatic heterocycles. The lowest BCUT2D eigenvalue weighted by atomic mass is 9.97. The first-order valence-corrected chi connectivity index (χ1v) is 7.60. The first kappa shape index (κ1) is 14.7. The minimum atomic E-state index is -0.121. The van der Waals surface area contributed by atoms with Crippen LogP contribution in [0.3, 0.4) is 0 Å². The van der Waals surface area contributed by atoms with Crippen molar-refractivity contribution in [3.63, 3.8) is 0 Å². The van der Waals surface area contributed by atoms with Crippen LogP contribution in [0.2, 0.25) is 0 Å². The van der Waals surface area contributed by atoms with E-state index in [0.717, 1.165) is 18.5 Å². The van der Waals surface area contributed by atoms with Crippen LogP contribution in [-0.2, 0) is 0 Å². The zero-order chi connectivity index (χ0) is 15.7. The third-order valence-electron chi connectivity index (χ3n) is 3.95. The Kier molecular flexibility index (Phi) is 3.96. The average Bonchev–Trinajstić information content (AvgIpc) is 3.15. The summed E-state index contributed by atoms with van der Waals surface area (Å²) in [6, 6.07) is 1.73. The molecule has 0 N–H and O–H groups in total. The van der Waals surface area contributed by atoms with Gasteiger partial charge in [0.25, 0.3) is 5.91 Å². The third-order valence-corrected chi connectivity index (χ3v) is 3.95. The van der Waals surface area contributed by atoms with Crippen molar-refractivity contribution in [1.82, 2.24) is 20.2 Å². The van der Waals surface area contributed by atoms with Gasteiger partial charge in [0.1, 0.15) is 0 Å². The molecule has 0 radical (unpaired) electrons. The number of aromatic nitrogens is 3. The number of piperidine rings is 1. The fraction of sp³-hybridized carbons (Fsp3) is 0.600. The highest BCUT2D eigenvalue weighted by molar-refractivity contribution is 5.91. The highest BCUT2D eigenvalue weighted by Gasteiger charge is 2.30. The smallest absolute Gasteiger partial charge is 0.292 e. The maximum atomic E-state index is 12.5. The van der Waals surface area contributed by atoms with E-state index in [9.17, 15) is 4.79 Å². The first-order valence-electron chi connectivity index (χ1n) is 7.60. The summed E-state index contributed by atoms with van der Waals surface area (Å²) in [6.07, 6.45) is 1.87. The molecule has 3 heterocycles. The lowest BCUT2D eigenvalue weighted by molar-refractivity contribution is 0.0661. The second kappa shape index (κ2) is 5.90. The van der Waals surface area contributed by atoms with Crippen molar-refractivity contribution in [2.24, 2.45) is 0 Å². The molecule has 7 heteroatoms. The van der Waals surface area contributed by atoms with Crippen LogP contribution in [0.5, 0.6) is 0 Å². The number of likely N-dealkylation sites (tertiary alicyclic amines) is 1. The van der Waals surface area contributed by atoms with Crippen molar-refractivity contribution in [1.29, 1.82) is 0 Å². The second-order valence-corrected chi connectivity index (χ2v) is 6.03. The van der Waals surface area contributed by atoms with Crippen molar-refractivity contribution in [3.05, 3.63) is 29.2 Å². The van der Waals surface area contributed by atoms with Gasteiger partial charge >= 0.3 is 0 Å². The van der Waals surface area contributed by atoms with Crippen LogP contribution in [0.25, 0.3) is 0 Å². The number of nitrogens with zero attached hydrogens (tertiary/aromatic N) is 4. The van der Waals surface area contributed by atoms with Gasteiger partial charge in [0.05, 0.1) is 5.69 Å². The Hall–Kier alpha value is -2.18. The van der Waals surface area contributed by atoms with Crippen LogP contribution < -0.4 is 0 Å². The Balaban J connectivity index is 1.72. The number of carbonyl (C=O) groups excluding carboxylic acids is 1. The maximum Gasteiger partial charge on any atom is 0.292 e. The topological polar surface area (TPSA) is 85.3 Å². The quantitative estimate of drug-likeness (QED) is 0.866. The minimum absolute atomic E-state index is 0.114. The van der Waals surface area contributed by atoms with E-state index in [-0.39, 0.29) is 17.7 Å². The van der Waals surface area contributed by atoms with Gasteiger partial charge in [0.2, 0.25) is 11.7 Å². The van der Waals surface area contributed by atoms with Crippen molar-refractivity contribution in [2.75, 3.05) is 13.1 Å². The SMILES string of the molecule is Cc1nc([C@H]2CCCN(C(=O)c3cc(C(C)C)no3)C2)no1. The van der Waals surface area contributed by atoms with Crippen molar-refractivity contribution in [2.45, 2.75) is 45.4 Å². The number of amides is 1. The standard InChI is InChI=1S/C15H20N4O3/c1-9(2)12-7-13(22-17-12)15(20)19-6-4-5-11(8-19)14-16-10(3)21-18-14/h7,9,11H,4-6,8H2,1-3H3/t11-/m0/s1. The molecule has 1 aliphatic heterocycles. The molecule has 1 amide bonds. The van der Waals surface area contributed by atoms with E-state index < -0.39 is 0 Å². The molecule has 1 atom stereocenters. The van der Waals surface area contributed by atoms with Crippen LogP contribution >= 0.6 is 0 Å². The van der Waals surface area contributed by atoms with Crippen LogP contribution in [-0.4, -0.2) is 39.2 Å². The molecule has 22 heavy (non-hydrogen) atoms. The van der Waals surface area contributed by atoms with Gasteiger partial charge in [-0.05, 0) is 18.8 Å². The summed E-state index contributed by atoms with van der Waals surface area (Å²) in [4.78, 5) is 18.6. The lowest BCUT2D eigenvalue weighted by Crippen LogP contribution is -2.39. The van der Waals surface area contributed by atoms with E-state index in [1.165, 1.54) is 0 Å². The summed E-state index contributed by atoms with van der Waals surface area (Å²) in [5.74, 6) is 1.76. The molecule has 7 nitrogen and oxygen atoms in total. The molecule has 0 bridgehead atoms. The fourth-order valence-electron chi connectivity index (χ4n) is 2.67. The van der Waals surface area contributed by atoms with Crippen molar-refractivity contribution in [3.8, 4) is 0 Å². The van der Waals surface area contributed by atoms with Gasteiger partial charge in [-0.3, -0.25) is 4.79 Å². The summed E-state index contributed by atoms with van der Waals surface area (Å²) >= 11 is 0. The molecule has 3 rings (SSSR count). The summed E-state index contributed by atoms with van der Waals surface area (Å²) in [6.45, 7) is 7.09. The number of carbonyl (C=O) groups is 1. The van der Waals surface area contributed by atoms with E-state index in [0.29, 0.717) is 30.6 Å². The number of aryl methyl sites for hydroxylation is 1. The van der Waals surface area contributed by atoms with Crippen molar-refractivity contribution >= 4 is 5.91 Å². The Labute approximate surface area is 128 Å². The van der Waals surface area contributed by atoms with Crippen molar-refractivity contribution < 1.29 is 13.8 Å². The largest absolute Gasteiger partial charge is 0.351 e. The van der Waals surface area contributed by atoms with Crippen LogP contribution in [0.4, 0.5) is 0 Å². The Morgan fingerprint density at radius 2 is 2.18 bits per heavy atom. The zero-order valence-electron chi connectivity index (χ0n) is 13.1. The predicted molar refractivity (Wildman–Crippen MR) is 77.5 cm³/mol. The average molecular weight is 304 g/mol. The molecule has 0 spiro atoms. The van der Waals surface area contributed by atoms with E-state index in [2.05, 4.69) is 15.3 Å². The summed E-state index contributed by atoms with van der Waals surface area (Å²) < 4.78 is 10.2. The van der Waals surface area contributed by atoms with Gasteiger partial charge in [-0.15, -0.1) is 0 Å². The molecule has 1 saturated heterocycles. The molecule has 0 unspecified atom stereocenters. The van der Waals surface area contributed by atoms with Gasteiger partial charge in [-0.2, -0.15) is 4.98 Å². The summed E-state index contributed by atoms with van der Waals surface area (Å²) in [5, 5.41) is 7.92. The normalized spacial score (nSPS) is 18.9. The van der Waals surface area contributed by atoms with Gasteiger partial charge in [0, 0.05) is 32.0 Å². The summed E-state index contributed by atoms with van der Waals surface area (Å²) in [5.41, 5.74) is 0.797. The van der Waals surface area contributed by atoms with Crippen LogP contribution in [0, 0.1) is 6.92 Å². The number of hydrogen-bond acceptors (Lipinski definition) is 6. The molecule has 0 aromatic carbocycles. The number of hydrogen-bond donors (Lipinski definition) is 0. The van der Waals surface area contributed by atoms with Gasteiger partial charge in [0.15, 0.2) is 5.82 Å². The molecule has 118 valence electrons. The maximum absolute atomic E-state index is 12.5. The highest BCUT2D eigenvalue weighted by atomic mass is 16.5. The molecule has 1 aliphatic rings. The molecule has 1 fully saturated rings. The van der Waals surface area contributed by atoms with Gasteiger partial charge in [-0.25, -0.2) is 0 Å². The van der Waals surface area contributed by atoms with E-state index in [1.54, 1.807) is 17.9 Å². The van der Waals surface area contributed by atoms with Gasteiger partial charge in [-0.1, -0.05) is 24.2 Å². The predicted octanol–water partition coefficient (Wildman–Crippen LogP) is 2.51.